The summed E-state index contributed by atoms with van der Waals surface area (Å²) in [6, 6.07) is 25.5. The Balaban J connectivity index is 1.65. The van der Waals surface area contributed by atoms with Crippen molar-refractivity contribution in [1.82, 2.24) is 5.32 Å². The molecule has 3 N–H and O–H groups in total. The predicted octanol–water partition coefficient (Wildman–Crippen LogP) is 5.73. The zero-order chi connectivity index (χ0) is 22.1. The van der Waals surface area contributed by atoms with E-state index in [1.54, 1.807) is 31.4 Å². The zero-order valence-corrected chi connectivity index (χ0v) is 18.1. The SMILES string of the molecule is COC(c1ccc(C2CCNC2)cc1)c1c(-c2ccc(O)cc2)ccc2cc(O)ccc12. The van der Waals surface area contributed by atoms with Crippen LogP contribution >= 0.6 is 0 Å². The monoisotopic (exact) mass is 425 g/mol. The van der Waals surface area contributed by atoms with Gasteiger partial charge in [-0.05, 0) is 76.2 Å². The molecule has 1 aliphatic rings. The second kappa shape index (κ2) is 8.65. The lowest BCUT2D eigenvalue weighted by Crippen LogP contribution is -2.09. The molecule has 1 heterocycles. The van der Waals surface area contributed by atoms with E-state index in [4.69, 9.17) is 4.74 Å². The summed E-state index contributed by atoms with van der Waals surface area (Å²) in [5.74, 6) is 1.05. The summed E-state index contributed by atoms with van der Waals surface area (Å²) in [7, 11) is 1.74. The first kappa shape index (κ1) is 20.6. The van der Waals surface area contributed by atoms with Crippen LogP contribution in [0.1, 0.15) is 35.1 Å². The topological polar surface area (TPSA) is 61.7 Å². The van der Waals surface area contributed by atoms with Crippen molar-refractivity contribution in [2.75, 3.05) is 20.2 Å². The molecule has 1 fully saturated rings. The molecule has 0 aromatic heterocycles. The quantitative estimate of drug-likeness (QED) is 0.382. The van der Waals surface area contributed by atoms with Crippen LogP contribution in [-0.2, 0) is 4.74 Å². The number of nitrogens with one attached hydrogen (secondary N) is 1. The zero-order valence-electron chi connectivity index (χ0n) is 18.1. The van der Waals surface area contributed by atoms with Crippen LogP contribution in [0.4, 0.5) is 0 Å². The maximum atomic E-state index is 10.0. The highest BCUT2D eigenvalue weighted by atomic mass is 16.5. The van der Waals surface area contributed by atoms with Gasteiger partial charge in [0.2, 0.25) is 0 Å². The number of hydrogen-bond donors (Lipinski definition) is 3. The van der Waals surface area contributed by atoms with E-state index in [-0.39, 0.29) is 17.6 Å². The van der Waals surface area contributed by atoms with Gasteiger partial charge in [-0.3, -0.25) is 0 Å². The molecule has 1 aliphatic heterocycles. The summed E-state index contributed by atoms with van der Waals surface area (Å²) in [4.78, 5) is 0. The molecule has 4 aromatic carbocycles. The largest absolute Gasteiger partial charge is 0.508 e. The number of phenols is 2. The van der Waals surface area contributed by atoms with Crippen LogP contribution < -0.4 is 5.32 Å². The number of aromatic hydroxyl groups is 2. The Morgan fingerprint density at radius 1 is 0.875 bits per heavy atom. The van der Waals surface area contributed by atoms with Crippen LogP contribution in [0.3, 0.4) is 0 Å². The molecule has 4 aromatic rings. The molecule has 0 saturated carbocycles. The molecule has 0 amide bonds. The summed E-state index contributed by atoms with van der Waals surface area (Å²) in [6.45, 7) is 2.11. The average molecular weight is 426 g/mol. The van der Waals surface area contributed by atoms with E-state index in [9.17, 15) is 10.2 Å². The van der Waals surface area contributed by atoms with Crippen LogP contribution in [-0.4, -0.2) is 30.4 Å². The lowest BCUT2D eigenvalue weighted by Gasteiger charge is -2.23. The fourth-order valence-corrected chi connectivity index (χ4v) is 4.82. The summed E-state index contributed by atoms with van der Waals surface area (Å²) < 4.78 is 6.09. The fourth-order valence-electron chi connectivity index (χ4n) is 4.82. The van der Waals surface area contributed by atoms with E-state index in [1.165, 1.54) is 12.0 Å². The maximum absolute atomic E-state index is 10.0. The first-order valence-corrected chi connectivity index (χ1v) is 11.0. The van der Waals surface area contributed by atoms with Crippen LogP contribution in [0.25, 0.3) is 21.9 Å². The molecule has 4 nitrogen and oxygen atoms in total. The smallest absolute Gasteiger partial charge is 0.116 e. The van der Waals surface area contributed by atoms with Gasteiger partial charge in [0, 0.05) is 19.2 Å². The average Bonchev–Trinajstić information content (AvgIpc) is 3.36. The maximum Gasteiger partial charge on any atom is 0.116 e. The first-order valence-electron chi connectivity index (χ1n) is 11.0. The summed E-state index contributed by atoms with van der Waals surface area (Å²) in [5.41, 5.74) is 5.53. The van der Waals surface area contributed by atoms with Gasteiger partial charge < -0.3 is 20.3 Å². The van der Waals surface area contributed by atoms with E-state index >= 15 is 0 Å². The highest BCUT2D eigenvalue weighted by Gasteiger charge is 2.22. The fraction of sp³-hybridized carbons (Fsp3) is 0.214. The van der Waals surface area contributed by atoms with Crippen LogP contribution in [0.15, 0.2) is 78.9 Å². The summed E-state index contributed by atoms with van der Waals surface area (Å²) in [6.07, 6.45) is 0.896. The molecule has 1 saturated heterocycles. The van der Waals surface area contributed by atoms with Gasteiger partial charge in [0.1, 0.15) is 17.6 Å². The van der Waals surface area contributed by atoms with Crippen LogP contribution in [0.2, 0.25) is 0 Å². The highest BCUT2D eigenvalue weighted by molar-refractivity contribution is 5.93. The Kier molecular flexibility index (Phi) is 5.56. The Labute approximate surface area is 188 Å². The number of rotatable bonds is 5. The van der Waals surface area contributed by atoms with Crippen LogP contribution in [0, 0.1) is 0 Å². The van der Waals surface area contributed by atoms with E-state index in [0.29, 0.717) is 5.92 Å². The molecule has 0 aliphatic carbocycles. The third-order valence-electron chi connectivity index (χ3n) is 6.49. The minimum absolute atomic E-state index is 0.237. The van der Waals surface area contributed by atoms with E-state index in [0.717, 1.165) is 46.1 Å². The van der Waals surface area contributed by atoms with Gasteiger partial charge in [-0.25, -0.2) is 0 Å². The first-order chi connectivity index (χ1) is 15.6. The second-order valence-corrected chi connectivity index (χ2v) is 8.45. The Hall–Kier alpha value is -3.34. The number of ether oxygens (including phenoxy) is 1. The van der Waals surface area contributed by atoms with Gasteiger partial charge in [-0.1, -0.05) is 54.6 Å². The third-order valence-corrected chi connectivity index (χ3v) is 6.49. The van der Waals surface area contributed by atoms with E-state index in [2.05, 4.69) is 35.6 Å². The second-order valence-electron chi connectivity index (χ2n) is 8.45. The molecule has 2 atom stereocenters. The molecule has 32 heavy (non-hydrogen) atoms. The molecule has 0 radical (unpaired) electrons. The van der Waals surface area contributed by atoms with Gasteiger partial charge in [-0.15, -0.1) is 0 Å². The van der Waals surface area contributed by atoms with E-state index < -0.39 is 0 Å². The Morgan fingerprint density at radius 2 is 1.62 bits per heavy atom. The number of methoxy groups -OCH3 is 1. The van der Waals surface area contributed by atoms with Crippen molar-refractivity contribution in [3.63, 3.8) is 0 Å². The number of benzene rings is 4. The van der Waals surface area contributed by atoms with Crippen molar-refractivity contribution in [3.8, 4) is 22.6 Å². The number of hydrogen-bond acceptors (Lipinski definition) is 4. The normalized spacial score (nSPS) is 17.0. The van der Waals surface area contributed by atoms with Crippen molar-refractivity contribution in [3.05, 3.63) is 95.6 Å². The lowest BCUT2D eigenvalue weighted by molar-refractivity contribution is 0.138. The van der Waals surface area contributed by atoms with Gasteiger partial charge >= 0.3 is 0 Å². The molecule has 0 spiro atoms. The third kappa shape index (κ3) is 3.83. The van der Waals surface area contributed by atoms with Crippen molar-refractivity contribution in [2.24, 2.45) is 0 Å². The Morgan fingerprint density at radius 3 is 2.31 bits per heavy atom. The molecule has 5 rings (SSSR count). The minimum atomic E-state index is -0.275. The molecule has 0 bridgehead atoms. The molecule has 162 valence electrons. The lowest BCUT2D eigenvalue weighted by atomic mass is 9.87. The molecular formula is C28H27NO3. The minimum Gasteiger partial charge on any atom is -0.508 e. The summed E-state index contributed by atoms with van der Waals surface area (Å²) in [5, 5.41) is 25.2. The van der Waals surface area contributed by atoms with Crippen LogP contribution in [0.5, 0.6) is 11.5 Å². The van der Waals surface area contributed by atoms with Crippen molar-refractivity contribution in [2.45, 2.75) is 18.4 Å². The van der Waals surface area contributed by atoms with Gasteiger partial charge in [0.25, 0.3) is 0 Å². The van der Waals surface area contributed by atoms with Gasteiger partial charge in [0.15, 0.2) is 0 Å². The Bertz CT molecular complexity index is 1230. The highest BCUT2D eigenvalue weighted by Crippen LogP contribution is 2.40. The molecule has 4 heteroatoms. The van der Waals surface area contributed by atoms with Crippen molar-refractivity contribution in [1.29, 1.82) is 0 Å². The molecule has 2 unspecified atom stereocenters. The van der Waals surface area contributed by atoms with Crippen molar-refractivity contribution >= 4 is 10.8 Å². The molecular weight excluding hydrogens is 398 g/mol. The van der Waals surface area contributed by atoms with E-state index in [1.807, 2.05) is 24.3 Å². The van der Waals surface area contributed by atoms with Gasteiger partial charge in [0.05, 0.1) is 0 Å². The predicted molar refractivity (Wildman–Crippen MR) is 128 cm³/mol. The number of phenolic OH excluding ortho intramolecular Hbond substituents is 2. The van der Waals surface area contributed by atoms with Gasteiger partial charge in [-0.2, -0.15) is 0 Å². The number of fused-ring (bicyclic) bond motifs is 1. The van der Waals surface area contributed by atoms with Crippen molar-refractivity contribution < 1.29 is 14.9 Å². The standard InChI is InChI=1S/C28H27NO3/c1-32-28(20-4-2-18(3-5-20)22-14-15-29-17-22)27-25(19-6-9-23(30)10-7-19)12-8-21-16-24(31)11-13-26(21)27/h2-13,16,22,28-31H,14-15,17H2,1H3. The summed E-state index contributed by atoms with van der Waals surface area (Å²) >= 11 is 0.